The maximum Gasteiger partial charge on any atom is 0.0376 e. The lowest BCUT2D eigenvalue weighted by molar-refractivity contribution is 0.578. The number of hydrogen-bond donors (Lipinski definition) is 1. The van der Waals surface area contributed by atoms with Gasteiger partial charge in [0.2, 0.25) is 0 Å². The molecule has 0 spiro atoms. The summed E-state index contributed by atoms with van der Waals surface area (Å²) in [5.41, 5.74) is 5.78. The highest BCUT2D eigenvalue weighted by molar-refractivity contribution is 7.07. The second-order valence-electron chi connectivity index (χ2n) is 5.31. The van der Waals surface area contributed by atoms with Gasteiger partial charge in [-0.25, -0.2) is 0 Å². The van der Waals surface area contributed by atoms with E-state index in [0.717, 1.165) is 6.54 Å². The fraction of sp³-hybridized carbons (Fsp3) is 0.375. The van der Waals surface area contributed by atoms with Crippen LogP contribution in [0, 0.1) is 5.92 Å². The van der Waals surface area contributed by atoms with Crippen molar-refractivity contribution in [1.82, 2.24) is 0 Å². The van der Waals surface area contributed by atoms with E-state index in [1.54, 1.807) is 11.3 Å². The predicted molar refractivity (Wildman–Crippen MR) is 79.5 cm³/mol. The molecule has 1 aliphatic heterocycles. The molecule has 3 rings (SSSR count). The summed E-state index contributed by atoms with van der Waals surface area (Å²) in [6.45, 7) is 3.45. The molecular formula is C16H19NS. The van der Waals surface area contributed by atoms with Crippen molar-refractivity contribution in [3.05, 3.63) is 51.7 Å². The van der Waals surface area contributed by atoms with E-state index in [-0.39, 0.29) is 0 Å². The van der Waals surface area contributed by atoms with Crippen molar-refractivity contribution in [2.45, 2.75) is 26.2 Å². The Kier molecular flexibility index (Phi) is 3.37. The molecule has 0 aliphatic carbocycles. The summed E-state index contributed by atoms with van der Waals surface area (Å²) < 4.78 is 0. The fourth-order valence-corrected chi connectivity index (χ4v) is 3.43. The Morgan fingerprint density at radius 3 is 2.94 bits per heavy atom. The Balaban J connectivity index is 1.65. The van der Waals surface area contributed by atoms with Crippen LogP contribution < -0.4 is 5.32 Å². The molecule has 0 radical (unpaired) electrons. The first kappa shape index (κ1) is 11.8. The van der Waals surface area contributed by atoms with E-state index in [0.29, 0.717) is 5.92 Å². The first-order valence-electron chi connectivity index (χ1n) is 6.68. The van der Waals surface area contributed by atoms with Crippen LogP contribution in [0.15, 0.2) is 35.0 Å². The zero-order chi connectivity index (χ0) is 12.4. The van der Waals surface area contributed by atoms with E-state index in [1.165, 1.54) is 41.6 Å². The standard InChI is InChI=1S/C16H19NS/c1-12(9-14-5-7-18-11-14)8-13-2-3-15-4-6-17-16(15)10-13/h2-3,5,7,10-12,17H,4,6,8-9H2,1H3. The van der Waals surface area contributed by atoms with Gasteiger partial charge in [0.1, 0.15) is 0 Å². The van der Waals surface area contributed by atoms with E-state index in [2.05, 4.69) is 47.3 Å². The predicted octanol–water partition coefficient (Wildman–Crippen LogP) is 4.14. The summed E-state index contributed by atoms with van der Waals surface area (Å²) >= 11 is 1.79. The summed E-state index contributed by atoms with van der Waals surface area (Å²) in [6.07, 6.45) is 3.54. The molecule has 1 unspecified atom stereocenters. The molecule has 1 N–H and O–H groups in total. The third kappa shape index (κ3) is 2.59. The van der Waals surface area contributed by atoms with Crippen molar-refractivity contribution in [2.75, 3.05) is 11.9 Å². The Morgan fingerprint density at radius 2 is 2.11 bits per heavy atom. The monoisotopic (exact) mass is 257 g/mol. The van der Waals surface area contributed by atoms with Gasteiger partial charge in [0.15, 0.2) is 0 Å². The van der Waals surface area contributed by atoms with Crippen LogP contribution in [0.5, 0.6) is 0 Å². The van der Waals surface area contributed by atoms with E-state index < -0.39 is 0 Å². The van der Waals surface area contributed by atoms with Crippen LogP contribution in [0.1, 0.15) is 23.6 Å². The lowest BCUT2D eigenvalue weighted by Crippen LogP contribution is -2.03. The van der Waals surface area contributed by atoms with Crippen molar-refractivity contribution < 1.29 is 0 Å². The highest BCUT2D eigenvalue weighted by atomic mass is 32.1. The average Bonchev–Trinajstić information content (AvgIpc) is 2.98. The molecule has 1 aliphatic rings. The molecule has 0 saturated heterocycles. The Hall–Kier alpha value is -1.28. The molecular weight excluding hydrogens is 238 g/mol. The zero-order valence-electron chi connectivity index (χ0n) is 10.8. The lowest BCUT2D eigenvalue weighted by Gasteiger charge is -2.11. The summed E-state index contributed by atoms with van der Waals surface area (Å²) in [5, 5.41) is 7.89. The third-order valence-electron chi connectivity index (χ3n) is 3.63. The van der Waals surface area contributed by atoms with Crippen LogP contribution in [0.4, 0.5) is 5.69 Å². The SMILES string of the molecule is CC(Cc1ccsc1)Cc1ccc2c(c1)NCC2. The molecule has 0 saturated carbocycles. The van der Waals surface area contributed by atoms with Gasteiger partial charge in [0.05, 0.1) is 0 Å². The van der Waals surface area contributed by atoms with Crippen LogP contribution in [0.3, 0.4) is 0 Å². The van der Waals surface area contributed by atoms with Crippen molar-refractivity contribution >= 4 is 17.0 Å². The number of fused-ring (bicyclic) bond motifs is 1. The number of rotatable bonds is 4. The molecule has 1 aromatic heterocycles. The molecule has 1 aromatic carbocycles. The van der Waals surface area contributed by atoms with Crippen LogP contribution in [-0.2, 0) is 19.3 Å². The van der Waals surface area contributed by atoms with Gasteiger partial charge in [-0.1, -0.05) is 19.1 Å². The Bertz CT molecular complexity index is 516. The van der Waals surface area contributed by atoms with Crippen LogP contribution in [-0.4, -0.2) is 6.54 Å². The summed E-state index contributed by atoms with van der Waals surface area (Å²) in [7, 11) is 0. The summed E-state index contributed by atoms with van der Waals surface area (Å²) in [5.74, 6) is 0.707. The number of hydrogen-bond acceptors (Lipinski definition) is 2. The zero-order valence-corrected chi connectivity index (χ0v) is 11.6. The van der Waals surface area contributed by atoms with Crippen molar-refractivity contribution in [3.8, 4) is 0 Å². The first-order chi connectivity index (χ1) is 8.81. The van der Waals surface area contributed by atoms with Gasteiger partial charge in [-0.2, -0.15) is 11.3 Å². The minimum absolute atomic E-state index is 0.707. The topological polar surface area (TPSA) is 12.0 Å². The number of benzene rings is 1. The minimum atomic E-state index is 0.707. The van der Waals surface area contributed by atoms with Gasteiger partial charge in [0, 0.05) is 12.2 Å². The van der Waals surface area contributed by atoms with E-state index in [4.69, 9.17) is 0 Å². The van der Waals surface area contributed by atoms with Gasteiger partial charge < -0.3 is 5.32 Å². The lowest BCUT2D eigenvalue weighted by atomic mass is 9.94. The molecule has 2 heteroatoms. The molecule has 2 heterocycles. The highest BCUT2D eigenvalue weighted by Gasteiger charge is 2.11. The molecule has 1 nitrogen and oxygen atoms in total. The number of nitrogens with one attached hydrogen (secondary N) is 1. The third-order valence-corrected chi connectivity index (χ3v) is 4.36. The molecule has 2 aromatic rings. The fourth-order valence-electron chi connectivity index (χ4n) is 2.75. The highest BCUT2D eigenvalue weighted by Crippen LogP contribution is 2.25. The first-order valence-corrected chi connectivity index (χ1v) is 7.62. The summed E-state index contributed by atoms with van der Waals surface area (Å²) in [4.78, 5) is 0. The van der Waals surface area contributed by atoms with Crippen molar-refractivity contribution in [2.24, 2.45) is 5.92 Å². The van der Waals surface area contributed by atoms with Gasteiger partial charge >= 0.3 is 0 Å². The smallest absolute Gasteiger partial charge is 0.0376 e. The summed E-state index contributed by atoms with van der Waals surface area (Å²) in [6, 6.07) is 9.18. The molecule has 1 atom stereocenters. The van der Waals surface area contributed by atoms with Gasteiger partial charge in [0.25, 0.3) is 0 Å². The second kappa shape index (κ2) is 5.15. The minimum Gasteiger partial charge on any atom is -0.384 e. The van der Waals surface area contributed by atoms with Crippen LogP contribution >= 0.6 is 11.3 Å². The molecule has 0 amide bonds. The van der Waals surface area contributed by atoms with Crippen molar-refractivity contribution in [1.29, 1.82) is 0 Å². The van der Waals surface area contributed by atoms with E-state index >= 15 is 0 Å². The van der Waals surface area contributed by atoms with Crippen LogP contribution in [0.2, 0.25) is 0 Å². The Labute approximate surface area is 113 Å². The van der Waals surface area contributed by atoms with Crippen molar-refractivity contribution in [3.63, 3.8) is 0 Å². The average molecular weight is 257 g/mol. The molecule has 0 bridgehead atoms. The Morgan fingerprint density at radius 1 is 1.22 bits per heavy atom. The number of thiophene rings is 1. The molecule has 94 valence electrons. The van der Waals surface area contributed by atoms with Gasteiger partial charge in [-0.3, -0.25) is 0 Å². The van der Waals surface area contributed by atoms with Gasteiger partial charge in [-0.05, 0) is 64.8 Å². The van der Waals surface area contributed by atoms with E-state index in [9.17, 15) is 0 Å². The van der Waals surface area contributed by atoms with Gasteiger partial charge in [-0.15, -0.1) is 0 Å². The largest absolute Gasteiger partial charge is 0.384 e. The normalized spacial score (nSPS) is 15.2. The molecule has 18 heavy (non-hydrogen) atoms. The second-order valence-corrected chi connectivity index (χ2v) is 6.09. The quantitative estimate of drug-likeness (QED) is 0.868. The van der Waals surface area contributed by atoms with E-state index in [1.807, 2.05) is 0 Å². The maximum atomic E-state index is 3.46. The number of anilines is 1. The van der Waals surface area contributed by atoms with Crippen LogP contribution in [0.25, 0.3) is 0 Å². The molecule has 0 fully saturated rings. The maximum absolute atomic E-state index is 3.46.